The first kappa shape index (κ1) is 13.7. The summed E-state index contributed by atoms with van der Waals surface area (Å²) in [6.07, 6.45) is 2.55. The minimum Gasteiger partial charge on any atom is -0.378 e. The van der Waals surface area contributed by atoms with E-state index >= 15 is 0 Å². The quantitative estimate of drug-likeness (QED) is 0.665. The Morgan fingerprint density at radius 1 is 1.32 bits per heavy atom. The summed E-state index contributed by atoms with van der Waals surface area (Å²) < 4.78 is 0. The number of anilines is 1. The molecule has 1 saturated heterocycles. The molecule has 1 aromatic rings. The highest BCUT2D eigenvalue weighted by Crippen LogP contribution is 2.13. The van der Waals surface area contributed by atoms with Crippen molar-refractivity contribution in [2.24, 2.45) is 4.99 Å². The number of guanidine groups is 1. The van der Waals surface area contributed by atoms with Crippen LogP contribution in [0.2, 0.25) is 0 Å². The largest absolute Gasteiger partial charge is 0.378 e. The van der Waals surface area contributed by atoms with Gasteiger partial charge in [0.2, 0.25) is 0 Å². The standard InChI is InChI=1S/C15H24N4/c1-16-15(19-9-4-5-10-19)17-12-13-7-6-8-14(11-13)18(2)3/h6-8,11H,4-5,9-10,12H2,1-3H3,(H,16,17). The summed E-state index contributed by atoms with van der Waals surface area (Å²) in [7, 11) is 5.99. The minimum atomic E-state index is 0.824. The van der Waals surface area contributed by atoms with E-state index in [-0.39, 0.29) is 0 Å². The van der Waals surface area contributed by atoms with Crippen molar-refractivity contribution in [2.45, 2.75) is 19.4 Å². The van der Waals surface area contributed by atoms with Gasteiger partial charge in [0.05, 0.1) is 0 Å². The van der Waals surface area contributed by atoms with Crippen molar-refractivity contribution >= 4 is 11.6 Å². The number of likely N-dealkylation sites (tertiary alicyclic amines) is 1. The predicted molar refractivity (Wildman–Crippen MR) is 81.8 cm³/mol. The average molecular weight is 260 g/mol. The molecule has 19 heavy (non-hydrogen) atoms. The van der Waals surface area contributed by atoms with Gasteiger partial charge < -0.3 is 15.1 Å². The number of rotatable bonds is 3. The Hall–Kier alpha value is -1.71. The zero-order valence-electron chi connectivity index (χ0n) is 12.2. The maximum Gasteiger partial charge on any atom is 0.193 e. The molecule has 1 heterocycles. The number of aliphatic imine (C=N–C) groups is 1. The zero-order chi connectivity index (χ0) is 13.7. The van der Waals surface area contributed by atoms with E-state index in [0.29, 0.717) is 0 Å². The average Bonchev–Trinajstić information content (AvgIpc) is 2.94. The molecular weight excluding hydrogens is 236 g/mol. The third-order valence-corrected chi connectivity index (χ3v) is 3.49. The molecule has 1 N–H and O–H groups in total. The molecule has 0 atom stereocenters. The van der Waals surface area contributed by atoms with Gasteiger partial charge in [-0.25, -0.2) is 0 Å². The smallest absolute Gasteiger partial charge is 0.193 e. The van der Waals surface area contributed by atoms with Crippen molar-refractivity contribution in [1.29, 1.82) is 0 Å². The number of hydrogen-bond acceptors (Lipinski definition) is 2. The van der Waals surface area contributed by atoms with E-state index in [1.165, 1.54) is 24.1 Å². The lowest BCUT2D eigenvalue weighted by molar-refractivity contribution is 0.493. The van der Waals surface area contributed by atoms with Crippen LogP contribution in [-0.4, -0.2) is 45.1 Å². The van der Waals surface area contributed by atoms with Gasteiger partial charge in [-0.15, -0.1) is 0 Å². The lowest BCUT2D eigenvalue weighted by atomic mass is 10.2. The molecule has 4 nitrogen and oxygen atoms in total. The van der Waals surface area contributed by atoms with Gasteiger partial charge in [0.1, 0.15) is 0 Å². The van der Waals surface area contributed by atoms with Crippen molar-refractivity contribution in [3.63, 3.8) is 0 Å². The summed E-state index contributed by atoms with van der Waals surface area (Å²) >= 11 is 0. The van der Waals surface area contributed by atoms with Crippen molar-refractivity contribution in [2.75, 3.05) is 39.1 Å². The Balaban J connectivity index is 1.95. The Morgan fingerprint density at radius 3 is 2.68 bits per heavy atom. The molecular formula is C15H24N4. The fourth-order valence-corrected chi connectivity index (χ4v) is 2.39. The van der Waals surface area contributed by atoms with Gasteiger partial charge in [0.25, 0.3) is 0 Å². The zero-order valence-corrected chi connectivity index (χ0v) is 12.2. The van der Waals surface area contributed by atoms with Crippen LogP contribution in [0.5, 0.6) is 0 Å². The molecule has 0 radical (unpaired) electrons. The Morgan fingerprint density at radius 2 is 2.05 bits per heavy atom. The molecule has 2 rings (SSSR count). The van der Waals surface area contributed by atoms with Gasteiger partial charge in [0, 0.05) is 46.5 Å². The number of nitrogens with one attached hydrogen (secondary N) is 1. The van der Waals surface area contributed by atoms with Gasteiger partial charge in [-0.05, 0) is 30.5 Å². The number of nitrogens with zero attached hydrogens (tertiary/aromatic N) is 3. The lowest BCUT2D eigenvalue weighted by Gasteiger charge is -2.21. The second kappa shape index (κ2) is 6.45. The monoisotopic (exact) mass is 260 g/mol. The van der Waals surface area contributed by atoms with Gasteiger partial charge in [0.15, 0.2) is 5.96 Å². The van der Waals surface area contributed by atoms with Crippen LogP contribution in [0, 0.1) is 0 Å². The normalized spacial score (nSPS) is 15.7. The van der Waals surface area contributed by atoms with Crippen LogP contribution in [0.25, 0.3) is 0 Å². The summed E-state index contributed by atoms with van der Waals surface area (Å²) in [5, 5.41) is 3.45. The highest BCUT2D eigenvalue weighted by Gasteiger charge is 2.15. The first-order valence-electron chi connectivity index (χ1n) is 6.92. The molecule has 0 unspecified atom stereocenters. The van der Waals surface area contributed by atoms with Gasteiger partial charge in [-0.1, -0.05) is 12.1 Å². The van der Waals surface area contributed by atoms with Crippen molar-refractivity contribution < 1.29 is 0 Å². The van der Waals surface area contributed by atoms with Crippen LogP contribution in [0.3, 0.4) is 0 Å². The molecule has 0 aromatic heterocycles. The highest BCUT2D eigenvalue weighted by molar-refractivity contribution is 5.80. The second-order valence-corrected chi connectivity index (χ2v) is 5.16. The van der Waals surface area contributed by atoms with Gasteiger partial charge in [-0.2, -0.15) is 0 Å². The number of hydrogen-bond donors (Lipinski definition) is 1. The molecule has 0 aliphatic carbocycles. The van der Waals surface area contributed by atoms with Crippen molar-refractivity contribution in [3.05, 3.63) is 29.8 Å². The first-order chi connectivity index (χ1) is 9.20. The highest BCUT2D eigenvalue weighted by atomic mass is 15.3. The van der Waals surface area contributed by atoms with Crippen molar-refractivity contribution in [1.82, 2.24) is 10.2 Å². The number of benzene rings is 1. The van der Waals surface area contributed by atoms with E-state index < -0.39 is 0 Å². The van der Waals surface area contributed by atoms with E-state index in [1.54, 1.807) is 0 Å². The maximum atomic E-state index is 4.36. The Kier molecular flexibility index (Phi) is 4.66. The molecule has 1 aromatic carbocycles. The molecule has 0 amide bonds. The summed E-state index contributed by atoms with van der Waals surface area (Å²) in [4.78, 5) is 8.82. The molecule has 0 bridgehead atoms. The maximum absolute atomic E-state index is 4.36. The third kappa shape index (κ3) is 3.63. The Bertz CT molecular complexity index is 434. The molecule has 0 saturated carbocycles. The van der Waals surface area contributed by atoms with E-state index in [0.717, 1.165) is 25.6 Å². The SMILES string of the molecule is CN=C(NCc1cccc(N(C)C)c1)N1CCCC1. The van der Waals surface area contributed by atoms with Crippen LogP contribution in [0.4, 0.5) is 5.69 Å². The Labute approximate surface area is 116 Å². The van der Waals surface area contributed by atoms with Crippen LogP contribution >= 0.6 is 0 Å². The lowest BCUT2D eigenvalue weighted by Crippen LogP contribution is -2.39. The van der Waals surface area contributed by atoms with E-state index in [1.807, 2.05) is 7.05 Å². The predicted octanol–water partition coefficient (Wildman–Crippen LogP) is 1.92. The van der Waals surface area contributed by atoms with E-state index in [9.17, 15) is 0 Å². The van der Waals surface area contributed by atoms with Crippen LogP contribution < -0.4 is 10.2 Å². The minimum absolute atomic E-state index is 0.824. The molecule has 104 valence electrons. The van der Waals surface area contributed by atoms with Crippen LogP contribution in [0.1, 0.15) is 18.4 Å². The third-order valence-electron chi connectivity index (χ3n) is 3.49. The van der Waals surface area contributed by atoms with Crippen LogP contribution in [-0.2, 0) is 6.54 Å². The summed E-state index contributed by atoms with van der Waals surface area (Å²) in [6.45, 7) is 3.07. The van der Waals surface area contributed by atoms with E-state index in [2.05, 4.69) is 58.5 Å². The summed E-state index contributed by atoms with van der Waals surface area (Å²) in [5.74, 6) is 1.02. The summed E-state index contributed by atoms with van der Waals surface area (Å²) in [5.41, 5.74) is 2.52. The molecule has 1 aliphatic rings. The molecule has 4 heteroatoms. The second-order valence-electron chi connectivity index (χ2n) is 5.16. The van der Waals surface area contributed by atoms with E-state index in [4.69, 9.17) is 0 Å². The van der Waals surface area contributed by atoms with Gasteiger partial charge in [-0.3, -0.25) is 4.99 Å². The molecule has 1 fully saturated rings. The van der Waals surface area contributed by atoms with Gasteiger partial charge >= 0.3 is 0 Å². The fourth-order valence-electron chi connectivity index (χ4n) is 2.39. The fraction of sp³-hybridized carbons (Fsp3) is 0.533. The first-order valence-corrected chi connectivity index (χ1v) is 6.92. The van der Waals surface area contributed by atoms with Crippen LogP contribution in [0.15, 0.2) is 29.3 Å². The molecule has 1 aliphatic heterocycles. The van der Waals surface area contributed by atoms with Crippen molar-refractivity contribution in [3.8, 4) is 0 Å². The topological polar surface area (TPSA) is 30.9 Å². The molecule has 0 spiro atoms. The summed E-state index contributed by atoms with van der Waals surface area (Å²) in [6, 6.07) is 8.59.